The van der Waals surface area contributed by atoms with E-state index in [1.165, 1.54) is 12.0 Å². The third kappa shape index (κ3) is 0.816. The Balaban J connectivity index is 2.08. The van der Waals surface area contributed by atoms with Crippen molar-refractivity contribution < 1.29 is 4.18 Å². The summed E-state index contributed by atoms with van der Waals surface area (Å²) in [6.07, 6.45) is 1.12. The molecule has 0 unspecified atom stereocenters. The lowest BCUT2D eigenvalue weighted by molar-refractivity contribution is 0.406. The van der Waals surface area contributed by atoms with E-state index in [0.29, 0.717) is 0 Å². The SMILES string of the molecule is [CH]1CCOS1. The maximum Gasteiger partial charge on any atom is 0.0625 e. The summed E-state index contributed by atoms with van der Waals surface area (Å²) < 4.78 is 4.81. The Kier molecular flexibility index (Phi) is 1.17. The minimum absolute atomic E-state index is 0.907. The second kappa shape index (κ2) is 1.67. The van der Waals surface area contributed by atoms with Gasteiger partial charge in [0.15, 0.2) is 0 Å². The minimum Gasteiger partial charge on any atom is -0.315 e. The summed E-state index contributed by atoms with van der Waals surface area (Å²) in [6, 6.07) is 0. The Bertz CT molecular complexity index is 18.5. The summed E-state index contributed by atoms with van der Waals surface area (Å²) in [7, 11) is 0. The highest BCUT2D eigenvalue weighted by Crippen LogP contribution is 2.17. The van der Waals surface area contributed by atoms with Gasteiger partial charge in [-0.05, 0) is 18.5 Å². The van der Waals surface area contributed by atoms with E-state index < -0.39 is 0 Å². The van der Waals surface area contributed by atoms with E-state index in [2.05, 4.69) is 5.75 Å². The van der Waals surface area contributed by atoms with Crippen molar-refractivity contribution in [1.29, 1.82) is 0 Å². The molecule has 0 amide bonds. The van der Waals surface area contributed by atoms with Crippen LogP contribution >= 0.6 is 12.0 Å². The fourth-order valence-corrected chi connectivity index (χ4v) is 0.722. The van der Waals surface area contributed by atoms with Crippen LogP contribution in [0.1, 0.15) is 6.42 Å². The molecule has 5 heavy (non-hydrogen) atoms. The van der Waals surface area contributed by atoms with Gasteiger partial charge in [-0.3, -0.25) is 0 Å². The lowest BCUT2D eigenvalue weighted by atomic mass is 10.5. The average molecular weight is 89.1 g/mol. The second-order valence-corrected chi connectivity index (χ2v) is 1.64. The maximum absolute atomic E-state index is 4.81. The molecule has 0 saturated carbocycles. The number of rotatable bonds is 0. The van der Waals surface area contributed by atoms with E-state index in [9.17, 15) is 0 Å². The van der Waals surface area contributed by atoms with E-state index in [4.69, 9.17) is 4.18 Å². The van der Waals surface area contributed by atoms with Crippen LogP contribution in [0, 0.1) is 5.75 Å². The van der Waals surface area contributed by atoms with Gasteiger partial charge in [-0.15, -0.1) is 0 Å². The Labute approximate surface area is 35.9 Å². The molecule has 29 valence electrons. The number of hydrogen-bond acceptors (Lipinski definition) is 2. The second-order valence-electron chi connectivity index (χ2n) is 0.874. The van der Waals surface area contributed by atoms with Crippen molar-refractivity contribution in [3.63, 3.8) is 0 Å². The summed E-state index contributed by atoms with van der Waals surface area (Å²) in [5, 5.41) is 0. The molecule has 1 fully saturated rings. The Morgan fingerprint density at radius 2 is 2.80 bits per heavy atom. The molecule has 0 spiro atoms. The Morgan fingerprint density at radius 3 is 3.00 bits per heavy atom. The molecule has 0 aromatic rings. The molecule has 1 aliphatic rings. The average Bonchev–Trinajstić information content (AvgIpc) is 1.76. The minimum atomic E-state index is 0.907. The first kappa shape index (κ1) is 3.50. The van der Waals surface area contributed by atoms with Crippen molar-refractivity contribution in [1.82, 2.24) is 0 Å². The molecule has 1 nitrogen and oxygen atoms in total. The van der Waals surface area contributed by atoms with Gasteiger partial charge in [0, 0.05) is 5.75 Å². The van der Waals surface area contributed by atoms with Crippen molar-refractivity contribution in [3.05, 3.63) is 5.75 Å². The topological polar surface area (TPSA) is 9.23 Å². The summed E-state index contributed by atoms with van der Waals surface area (Å²) in [5.74, 6) is 2.06. The van der Waals surface area contributed by atoms with Gasteiger partial charge in [-0.25, -0.2) is 0 Å². The predicted octanol–water partition coefficient (Wildman–Crippen LogP) is 1.22. The molecular formula is C3H5OS. The van der Waals surface area contributed by atoms with Crippen LogP contribution in [-0.4, -0.2) is 6.61 Å². The van der Waals surface area contributed by atoms with Crippen LogP contribution in [0.15, 0.2) is 0 Å². The smallest absolute Gasteiger partial charge is 0.0625 e. The van der Waals surface area contributed by atoms with Crippen molar-refractivity contribution in [2.24, 2.45) is 0 Å². The summed E-state index contributed by atoms with van der Waals surface area (Å²) in [4.78, 5) is 0. The van der Waals surface area contributed by atoms with Gasteiger partial charge in [0.25, 0.3) is 0 Å². The van der Waals surface area contributed by atoms with Crippen LogP contribution in [0.5, 0.6) is 0 Å². The van der Waals surface area contributed by atoms with Crippen molar-refractivity contribution in [2.45, 2.75) is 6.42 Å². The summed E-state index contributed by atoms with van der Waals surface area (Å²) >= 11 is 1.45. The fraction of sp³-hybridized carbons (Fsp3) is 0.667. The molecule has 0 aromatic heterocycles. The van der Waals surface area contributed by atoms with Gasteiger partial charge in [-0.1, -0.05) is 0 Å². The van der Waals surface area contributed by atoms with Crippen molar-refractivity contribution in [2.75, 3.05) is 6.61 Å². The molecule has 1 saturated heterocycles. The van der Waals surface area contributed by atoms with Gasteiger partial charge in [-0.2, -0.15) is 0 Å². The van der Waals surface area contributed by atoms with Crippen LogP contribution in [-0.2, 0) is 4.18 Å². The molecule has 2 heteroatoms. The zero-order valence-electron chi connectivity index (χ0n) is 2.81. The first-order valence-electron chi connectivity index (χ1n) is 1.60. The van der Waals surface area contributed by atoms with Crippen LogP contribution in [0.4, 0.5) is 0 Å². The summed E-state index contributed by atoms with van der Waals surface area (Å²) in [5.41, 5.74) is 0. The largest absolute Gasteiger partial charge is 0.315 e. The zero-order chi connectivity index (χ0) is 3.54. The van der Waals surface area contributed by atoms with Gasteiger partial charge >= 0.3 is 0 Å². The molecular weight excluding hydrogens is 84.1 g/mol. The molecule has 0 aromatic carbocycles. The van der Waals surface area contributed by atoms with E-state index in [1.807, 2.05) is 0 Å². The van der Waals surface area contributed by atoms with Crippen molar-refractivity contribution in [3.8, 4) is 0 Å². The first-order chi connectivity index (χ1) is 2.50. The monoisotopic (exact) mass is 89.0 g/mol. The summed E-state index contributed by atoms with van der Waals surface area (Å²) in [6.45, 7) is 0.907. The van der Waals surface area contributed by atoms with Gasteiger partial charge in [0.05, 0.1) is 6.61 Å². The standard InChI is InChI=1S/C3H5OS/c1-2-4-5-3-1/h3H,1-2H2. The van der Waals surface area contributed by atoms with Crippen LogP contribution < -0.4 is 0 Å². The highest BCUT2D eigenvalue weighted by Gasteiger charge is 1.97. The Morgan fingerprint density at radius 1 is 1.80 bits per heavy atom. The molecule has 1 heterocycles. The molecule has 1 rings (SSSR count). The third-order valence-corrected chi connectivity index (χ3v) is 1.13. The van der Waals surface area contributed by atoms with E-state index >= 15 is 0 Å². The van der Waals surface area contributed by atoms with Crippen LogP contribution in [0.3, 0.4) is 0 Å². The highest BCUT2D eigenvalue weighted by molar-refractivity contribution is 7.96. The zero-order valence-corrected chi connectivity index (χ0v) is 3.62. The normalized spacial score (nSPS) is 24.0. The van der Waals surface area contributed by atoms with E-state index in [-0.39, 0.29) is 0 Å². The van der Waals surface area contributed by atoms with Crippen LogP contribution in [0.2, 0.25) is 0 Å². The first-order valence-corrected chi connectivity index (χ1v) is 2.40. The molecule has 0 bridgehead atoms. The van der Waals surface area contributed by atoms with E-state index in [0.717, 1.165) is 13.0 Å². The van der Waals surface area contributed by atoms with Crippen LogP contribution in [0.25, 0.3) is 0 Å². The van der Waals surface area contributed by atoms with Gasteiger partial charge in [0.2, 0.25) is 0 Å². The molecule has 1 aliphatic heterocycles. The molecule has 0 aliphatic carbocycles. The maximum atomic E-state index is 4.81. The molecule has 0 atom stereocenters. The third-order valence-electron chi connectivity index (χ3n) is 0.455. The quantitative estimate of drug-likeness (QED) is 0.413. The number of hydrogen-bond donors (Lipinski definition) is 0. The Hall–Kier alpha value is 0.310. The highest BCUT2D eigenvalue weighted by atomic mass is 32.2. The molecule has 1 radical (unpaired) electrons. The molecule has 0 N–H and O–H groups in total. The van der Waals surface area contributed by atoms with Gasteiger partial charge in [0.1, 0.15) is 0 Å². The van der Waals surface area contributed by atoms with E-state index in [1.54, 1.807) is 0 Å². The fourth-order valence-electron chi connectivity index (χ4n) is 0.241. The lowest BCUT2D eigenvalue weighted by Gasteiger charge is -1.74. The predicted molar refractivity (Wildman–Crippen MR) is 22.5 cm³/mol. The van der Waals surface area contributed by atoms with Crippen molar-refractivity contribution >= 4 is 12.0 Å². The lowest BCUT2D eigenvalue weighted by Crippen LogP contribution is -1.67. The van der Waals surface area contributed by atoms with Gasteiger partial charge < -0.3 is 4.18 Å².